The Kier molecular flexibility index (Phi) is 7.31. The molecule has 0 heterocycles. The van der Waals surface area contributed by atoms with Crippen LogP contribution in [0.25, 0.3) is 0 Å². The molecule has 0 aromatic rings. The van der Waals surface area contributed by atoms with Crippen molar-refractivity contribution < 1.29 is 24.6 Å². The number of terminal acetylenes is 1. The lowest BCUT2D eigenvalue weighted by Crippen LogP contribution is -2.54. The smallest absolute Gasteiger partial charge is 0.326 e. The number of allylic oxidation sites excluding steroid dienone is 2. The number of nitrogens with one attached hydrogen (secondary N) is 1. The summed E-state index contributed by atoms with van der Waals surface area (Å²) in [7, 11) is 0. The standard InChI is InChI=1S/C29H42N2O5/c1-6-18(3)25(26(33)34)30-24(32)17-36-31-20-10-13-27(4)19(16-20)8-9-21-22(27)11-14-28(5)23(21)12-15-29(28,35)7-2/h2,16,18,21-23,25,35H,6,8-15,17H2,1,3-5H3,(H,30,32)(H,33,34)/b31-20+/t18-,21-,22+,23+,25-,27+,28+,29-/m1/s1. The minimum absolute atomic E-state index is 0.114. The molecule has 0 aliphatic heterocycles. The Balaban J connectivity index is 1.40. The van der Waals surface area contributed by atoms with E-state index in [0.717, 1.165) is 50.7 Å². The third kappa shape index (κ3) is 4.36. The van der Waals surface area contributed by atoms with E-state index >= 15 is 0 Å². The third-order valence-electron chi connectivity index (χ3n) is 10.5. The van der Waals surface area contributed by atoms with Crippen molar-refractivity contribution in [2.24, 2.45) is 39.7 Å². The van der Waals surface area contributed by atoms with Gasteiger partial charge in [-0.15, -0.1) is 6.42 Å². The van der Waals surface area contributed by atoms with Crippen molar-refractivity contribution in [1.29, 1.82) is 0 Å². The van der Waals surface area contributed by atoms with Crippen molar-refractivity contribution in [2.75, 3.05) is 6.61 Å². The van der Waals surface area contributed by atoms with Crippen LogP contribution in [0.5, 0.6) is 0 Å². The van der Waals surface area contributed by atoms with E-state index in [1.165, 1.54) is 5.57 Å². The van der Waals surface area contributed by atoms with Crippen LogP contribution in [0.3, 0.4) is 0 Å². The molecule has 3 fully saturated rings. The van der Waals surface area contributed by atoms with Gasteiger partial charge in [-0.05, 0) is 86.5 Å². The van der Waals surface area contributed by atoms with Crippen LogP contribution in [0.15, 0.2) is 16.8 Å². The van der Waals surface area contributed by atoms with Gasteiger partial charge in [0, 0.05) is 5.41 Å². The van der Waals surface area contributed by atoms with Gasteiger partial charge in [0.05, 0.1) is 5.71 Å². The van der Waals surface area contributed by atoms with E-state index in [1.54, 1.807) is 6.92 Å². The maximum Gasteiger partial charge on any atom is 0.326 e. The largest absolute Gasteiger partial charge is 0.480 e. The number of carboxylic acids is 1. The van der Waals surface area contributed by atoms with Crippen molar-refractivity contribution >= 4 is 17.6 Å². The summed E-state index contributed by atoms with van der Waals surface area (Å²) in [6.45, 7) is 8.01. The third-order valence-corrected chi connectivity index (χ3v) is 10.5. The van der Waals surface area contributed by atoms with Crippen LogP contribution in [-0.4, -0.2) is 46.1 Å². The van der Waals surface area contributed by atoms with Crippen molar-refractivity contribution in [3.63, 3.8) is 0 Å². The number of hydrogen-bond donors (Lipinski definition) is 3. The van der Waals surface area contributed by atoms with Gasteiger partial charge in [-0.1, -0.05) is 50.8 Å². The molecular formula is C29H42N2O5. The molecule has 0 aromatic carbocycles. The summed E-state index contributed by atoms with van der Waals surface area (Å²) < 4.78 is 0. The number of carbonyl (C=O) groups excluding carboxylic acids is 1. The first kappa shape index (κ1) is 26.7. The number of oxime groups is 1. The van der Waals surface area contributed by atoms with Gasteiger partial charge in [0.15, 0.2) is 6.61 Å². The fourth-order valence-electron chi connectivity index (χ4n) is 7.97. The molecule has 4 aliphatic carbocycles. The van der Waals surface area contributed by atoms with Gasteiger partial charge in [0.2, 0.25) is 0 Å². The first-order chi connectivity index (χ1) is 17.0. The van der Waals surface area contributed by atoms with E-state index in [-0.39, 0.29) is 23.4 Å². The number of rotatable bonds is 7. The summed E-state index contributed by atoms with van der Waals surface area (Å²) in [6.07, 6.45) is 16.3. The topological polar surface area (TPSA) is 108 Å². The summed E-state index contributed by atoms with van der Waals surface area (Å²) in [5.41, 5.74) is 1.20. The van der Waals surface area contributed by atoms with Crippen molar-refractivity contribution in [1.82, 2.24) is 5.32 Å². The summed E-state index contributed by atoms with van der Waals surface area (Å²) in [6, 6.07) is -0.930. The molecule has 4 rings (SSSR count). The predicted molar refractivity (Wildman–Crippen MR) is 138 cm³/mol. The minimum Gasteiger partial charge on any atom is -0.480 e. The fourth-order valence-corrected chi connectivity index (χ4v) is 7.97. The van der Waals surface area contributed by atoms with Crippen LogP contribution < -0.4 is 5.32 Å². The Labute approximate surface area is 215 Å². The molecule has 4 aliphatic rings. The highest BCUT2D eigenvalue weighted by Gasteiger charge is 2.63. The molecule has 0 aromatic heterocycles. The average Bonchev–Trinajstić information content (AvgIpc) is 3.13. The molecule has 0 unspecified atom stereocenters. The van der Waals surface area contributed by atoms with Crippen molar-refractivity contribution in [2.45, 2.75) is 97.1 Å². The minimum atomic E-state index is -1.04. The summed E-state index contributed by atoms with van der Waals surface area (Å²) in [5.74, 6) is 2.70. The molecule has 7 heteroatoms. The number of carbonyl (C=O) groups is 2. The van der Waals surface area contributed by atoms with E-state index in [2.05, 4.69) is 36.3 Å². The van der Waals surface area contributed by atoms with Crippen molar-refractivity contribution in [3.8, 4) is 12.3 Å². The van der Waals surface area contributed by atoms with Crippen LogP contribution in [-0.2, 0) is 14.4 Å². The Morgan fingerprint density at radius 3 is 2.61 bits per heavy atom. The maximum absolute atomic E-state index is 12.2. The van der Waals surface area contributed by atoms with Gasteiger partial charge in [-0.25, -0.2) is 4.79 Å². The second-order valence-electron chi connectivity index (χ2n) is 12.1. The zero-order valence-electron chi connectivity index (χ0n) is 22.2. The SMILES string of the molecule is C#C[C@@]1(O)CC[C@H]2[C@@H]3CCC4=C/C(=N/OCC(=O)N[C@@H](C(=O)O)[C@H](C)CC)CC[C@]4(C)[C@H]3CC[C@@]21C. The maximum atomic E-state index is 12.2. The van der Waals surface area contributed by atoms with Crippen LogP contribution in [0.4, 0.5) is 0 Å². The number of fused-ring (bicyclic) bond motifs is 5. The molecule has 0 spiro atoms. The Morgan fingerprint density at radius 2 is 1.94 bits per heavy atom. The normalized spacial score (nSPS) is 40.1. The summed E-state index contributed by atoms with van der Waals surface area (Å²) in [5, 5.41) is 27.3. The first-order valence-corrected chi connectivity index (χ1v) is 13.6. The Bertz CT molecular complexity index is 998. The lowest BCUT2D eigenvalue weighted by molar-refractivity contribution is -0.144. The van der Waals surface area contributed by atoms with Crippen LogP contribution in [0, 0.1) is 46.8 Å². The number of aliphatic hydroxyl groups is 1. The molecule has 1 amide bonds. The zero-order chi connectivity index (χ0) is 26.3. The van der Waals surface area contributed by atoms with Crippen molar-refractivity contribution in [3.05, 3.63) is 11.6 Å². The number of aliphatic carboxylic acids is 1. The van der Waals surface area contributed by atoms with E-state index in [4.69, 9.17) is 11.3 Å². The molecule has 3 saturated carbocycles. The van der Waals surface area contributed by atoms with Gasteiger partial charge < -0.3 is 20.4 Å². The molecule has 36 heavy (non-hydrogen) atoms. The number of carboxylic acid groups (broad SMARTS) is 1. The molecule has 3 N–H and O–H groups in total. The van der Waals surface area contributed by atoms with Gasteiger partial charge in [-0.3, -0.25) is 4.79 Å². The first-order valence-electron chi connectivity index (χ1n) is 13.6. The Hall–Kier alpha value is -2.33. The van der Waals surface area contributed by atoms with Crippen LogP contribution in [0.2, 0.25) is 0 Å². The summed E-state index contributed by atoms with van der Waals surface area (Å²) >= 11 is 0. The highest BCUT2D eigenvalue weighted by Crippen LogP contribution is 2.67. The summed E-state index contributed by atoms with van der Waals surface area (Å²) in [4.78, 5) is 29.0. The van der Waals surface area contributed by atoms with Gasteiger partial charge >= 0.3 is 5.97 Å². The zero-order valence-corrected chi connectivity index (χ0v) is 22.2. The molecule has 0 saturated heterocycles. The highest BCUT2D eigenvalue weighted by molar-refractivity contribution is 5.96. The fraction of sp³-hybridized carbons (Fsp3) is 0.759. The second-order valence-corrected chi connectivity index (χ2v) is 12.1. The second kappa shape index (κ2) is 9.85. The number of nitrogens with zero attached hydrogens (tertiary/aromatic N) is 1. The van der Waals surface area contributed by atoms with Gasteiger partial charge in [-0.2, -0.15) is 0 Å². The molecule has 0 bridgehead atoms. The number of hydrogen-bond acceptors (Lipinski definition) is 5. The molecule has 198 valence electrons. The lowest BCUT2D eigenvalue weighted by Gasteiger charge is -2.58. The number of amides is 1. The van der Waals surface area contributed by atoms with E-state index in [1.807, 2.05) is 6.92 Å². The van der Waals surface area contributed by atoms with Gasteiger partial charge in [0.25, 0.3) is 5.91 Å². The Morgan fingerprint density at radius 1 is 1.22 bits per heavy atom. The quantitative estimate of drug-likeness (QED) is 0.358. The van der Waals surface area contributed by atoms with Crippen LogP contribution >= 0.6 is 0 Å². The molecule has 7 nitrogen and oxygen atoms in total. The molecule has 0 radical (unpaired) electrons. The average molecular weight is 499 g/mol. The van der Waals surface area contributed by atoms with Crippen LogP contribution in [0.1, 0.15) is 85.5 Å². The van der Waals surface area contributed by atoms with E-state index in [9.17, 15) is 19.8 Å². The monoisotopic (exact) mass is 498 g/mol. The molecule has 8 atom stereocenters. The molecular weight excluding hydrogens is 456 g/mol. The highest BCUT2D eigenvalue weighted by atomic mass is 16.6. The van der Waals surface area contributed by atoms with Gasteiger partial charge in [0.1, 0.15) is 11.6 Å². The van der Waals surface area contributed by atoms with E-state index < -0.39 is 23.5 Å². The lowest BCUT2D eigenvalue weighted by atomic mass is 9.46. The predicted octanol–water partition coefficient (Wildman–Crippen LogP) is 4.30. The van der Waals surface area contributed by atoms with E-state index in [0.29, 0.717) is 30.6 Å².